The van der Waals surface area contributed by atoms with E-state index < -0.39 is 4.92 Å². The van der Waals surface area contributed by atoms with E-state index in [2.05, 4.69) is 5.32 Å². The Kier molecular flexibility index (Phi) is 5.24. The van der Waals surface area contributed by atoms with Gasteiger partial charge in [0.15, 0.2) is 11.5 Å². The fourth-order valence-corrected chi connectivity index (χ4v) is 2.20. The highest BCUT2D eigenvalue weighted by Gasteiger charge is 2.15. The zero-order valence-corrected chi connectivity index (χ0v) is 13.2. The molecular weight excluding hydrogens is 300 g/mol. The van der Waals surface area contributed by atoms with Crippen LogP contribution >= 0.6 is 0 Å². The van der Waals surface area contributed by atoms with Crippen molar-refractivity contribution >= 4 is 11.4 Å². The van der Waals surface area contributed by atoms with Crippen LogP contribution in [0.5, 0.6) is 17.2 Å². The molecule has 0 aliphatic rings. The first-order valence-electron chi connectivity index (χ1n) is 6.87. The van der Waals surface area contributed by atoms with Gasteiger partial charge in [-0.2, -0.15) is 0 Å². The summed E-state index contributed by atoms with van der Waals surface area (Å²) < 4.78 is 16.0. The van der Waals surface area contributed by atoms with Crippen LogP contribution in [0.25, 0.3) is 0 Å². The summed E-state index contributed by atoms with van der Waals surface area (Å²) in [5, 5.41) is 13.8. The summed E-state index contributed by atoms with van der Waals surface area (Å²) in [6.07, 6.45) is 0. The number of hydrogen-bond donors (Lipinski definition) is 1. The van der Waals surface area contributed by atoms with E-state index >= 15 is 0 Å². The number of nitrogens with one attached hydrogen (secondary N) is 1. The molecule has 0 aliphatic heterocycles. The zero-order valence-electron chi connectivity index (χ0n) is 13.2. The maximum atomic E-state index is 10.6. The van der Waals surface area contributed by atoms with Crippen molar-refractivity contribution in [3.8, 4) is 17.2 Å². The lowest BCUT2D eigenvalue weighted by Crippen LogP contribution is -2.04. The predicted octanol–water partition coefficient (Wildman–Crippen LogP) is 3.23. The number of rotatable bonds is 7. The largest absolute Gasteiger partial charge is 0.493 e. The number of nitro groups is 1. The molecule has 0 radical (unpaired) electrons. The van der Waals surface area contributed by atoms with Gasteiger partial charge in [0.2, 0.25) is 5.75 Å². The second-order valence-corrected chi connectivity index (χ2v) is 4.65. The third-order valence-corrected chi connectivity index (χ3v) is 3.35. The molecular formula is C16H18N2O5. The molecule has 23 heavy (non-hydrogen) atoms. The van der Waals surface area contributed by atoms with Gasteiger partial charge < -0.3 is 19.5 Å². The van der Waals surface area contributed by atoms with E-state index in [0.29, 0.717) is 23.8 Å². The van der Waals surface area contributed by atoms with Crippen molar-refractivity contribution in [3.63, 3.8) is 0 Å². The molecule has 2 aromatic carbocycles. The molecule has 2 rings (SSSR count). The first kappa shape index (κ1) is 16.4. The maximum absolute atomic E-state index is 10.6. The summed E-state index contributed by atoms with van der Waals surface area (Å²) in [6, 6.07) is 9.89. The van der Waals surface area contributed by atoms with Crippen molar-refractivity contribution in [1.82, 2.24) is 0 Å². The van der Waals surface area contributed by atoms with Gasteiger partial charge in [-0.1, -0.05) is 0 Å². The maximum Gasteiger partial charge on any atom is 0.269 e. The number of benzene rings is 2. The number of hydrogen-bond acceptors (Lipinski definition) is 6. The molecule has 0 atom stereocenters. The average Bonchev–Trinajstić information content (AvgIpc) is 2.59. The second kappa shape index (κ2) is 7.35. The highest BCUT2D eigenvalue weighted by Crippen LogP contribution is 2.39. The molecule has 2 aromatic rings. The third kappa shape index (κ3) is 3.63. The van der Waals surface area contributed by atoms with Crippen molar-refractivity contribution in [2.45, 2.75) is 6.54 Å². The normalized spacial score (nSPS) is 10.0. The van der Waals surface area contributed by atoms with E-state index in [1.807, 2.05) is 6.07 Å². The molecule has 0 saturated heterocycles. The molecule has 0 aliphatic carbocycles. The van der Waals surface area contributed by atoms with Gasteiger partial charge >= 0.3 is 0 Å². The number of methoxy groups -OCH3 is 3. The van der Waals surface area contributed by atoms with Crippen LogP contribution < -0.4 is 19.5 Å². The Balaban J connectivity index is 2.18. The van der Waals surface area contributed by atoms with Gasteiger partial charge in [-0.3, -0.25) is 10.1 Å². The van der Waals surface area contributed by atoms with Gasteiger partial charge in [0.05, 0.1) is 26.3 Å². The quantitative estimate of drug-likeness (QED) is 0.623. The molecule has 0 bridgehead atoms. The second-order valence-electron chi connectivity index (χ2n) is 4.65. The number of ether oxygens (including phenoxy) is 3. The number of non-ortho nitro benzene ring substituents is 1. The number of nitro benzene ring substituents is 1. The lowest BCUT2D eigenvalue weighted by molar-refractivity contribution is -0.384. The standard InChI is InChI=1S/C16H18N2O5/c1-21-14-9-4-11(15(22-2)16(14)23-3)10-17-12-5-7-13(8-6-12)18(19)20/h4-9,17H,10H2,1-3H3. The van der Waals surface area contributed by atoms with Crippen molar-refractivity contribution in [2.24, 2.45) is 0 Å². The van der Waals surface area contributed by atoms with E-state index in [9.17, 15) is 10.1 Å². The summed E-state index contributed by atoms with van der Waals surface area (Å²) >= 11 is 0. The lowest BCUT2D eigenvalue weighted by atomic mass is 10.1. The minimum Gasteiger partial charge on any atom is -0.493 e. The molecule has 122 valence electrons. The Labute approximate surface area is 133 Å². The van der Waals surface area contributed by atoms with Crippen molar-refractivity contribution in [1.29, 1.82) is 0 Å². The smallest absolute Gasteiger partial charge is 0.269 e. The summed E-state index contributed by atoms with van der Waals surface area (Å²) in [6.45, 7) is 0.474. The third-order valence-electron chi connectivity index (χ3n) is 3.35. The molecule has 0 heterocycles. The van der Waals surface area contributed by atoms with Gasteiger partial charge in [-0.25, -0.2) is 0 Å². The molecule has 0 saturated carbocycles. The van der Waals surface area contributed by atoms with E-state index in [-0.39, 0.29) is 5.69 Å². The van der Waals surface area contributed by atoms with Crippen LogP contribution in [0.1, 0.15) is 5.56 Å². The minimum atomic E-state index is -0.429. The monoisotopic (exact) mass is 318 g/mol. The van der Waals surface area contributed by atoms with Crippen molar-refractivity contribution < 1.29 is 19.1 Å². The molecule has 0 aromatic heterocycles. The van der Waals surface area contributed by atoms with Crippen LogP contribution in [0.3, 0.4) is 0 Å². The Morgan fingerprint density at radius 3 is 2.13 bits per heavy atom. The topological polar surface area (TPSA) is 82.9 Å². The highest BCUT2D eigenvalue weighted by molar-refractivity contribution is 5.57. The SMILES string of the molecule is COc1ccc(CNc2ccc([N+](=O)[O-])cc2)c(OC)c1OC. The van der Waals surface area contributed by atoms with Gasteiger partial charge in [0, 0.05) is 29.9 Å². The average molecular weight is 318 g/mol. The first-order chi connectivity index (χ1) is 11.1. The van der Waals surface area contributed by atoms with Crippen molar-refractivity contribution in [3.05, 3.63) is 52.1 Å². The van der Waals surface area contributed by atoms with E-state index in [4.69, 9.17) is 14.2 Å². The predicted molar refractivity (Wildman–Crippen MR) is 86.5 cm³/mol. The zero-order chi connectivity index (χ0) is 16.8. The molecule has 7 heteroatoms. The van der Waals surface area contributed by atoms with Crippen LogP contribution in [0.15, 0.2) is 36.4 Å². The van der Waals surface area contributed by atoms with Crippen LogP contribution in [0.2, 0.25) is 0 Å². The molecule has 0 unspecified atom stereocenters. The van der Waals surface area contributed by atoms with Gasteiger partial charge in [0.25, 0.3) is 5.69 Å². The molecule has 1 N–H and O–H groups in total. The minimum absolute atomic E-state index is 0.0549. The van der Waals surface area contributed by atoms with Crippen molar-refractivity contribution in [2.75, 3.05) is 26.6 Å². The summed E-state index contributed by atoms with van der Waals surface area (Å²) in [5.41, 5.74) is 1.70. The Morgan fingerprint density at radius 1 is 0.957 bits per heavy atom. The van der Waals surface area contributed by atoms with Crippen LogP contribution in [-0.2, 0) is 6.54 Å². The number of nitrogens with zero attached hydrogens (tertiary/aromatic N) is 1. The van der Waals surface area contributed by atoms with Gasteiger partial charge in [0.1, 0.15) is 0 Å². The first-order valence-corrected chi connectivity index (χ1v) is 6.87. The van der Waals surface area contributed by atoms with E-state index in [0.717, 1.165) is 11.3 Å². The summed E-state index contributed by atoms with van der Waals surface area (Å²) in [5.74, 6) is 1.70. The van der Waals surface area contributed by atoms with Gasteiger partial charge in [-0.05, 0) is 24.3 Å². The summed E-state index contributed by atoms with van der Waals surface area (Å²) in [4.78, 5) is 10.2. The lowest BCUT2D eigenvalue weighted by Gasteiger charge is -2.16. The molecule has 7 nitrogen and oxygen atoms in total. The van der Waals surface area contributed by atoms with E-state index in [1.165, 1.54) is 12.1 Å². The van der Waals surface area contributed by atoms with Crippen LogP contribution in [-0.4, -0.2) is 26.3 Å². The Morgan fingerprint density at radius 2 is 1.61 bits per heavy atom. The van der Waals surface area contributed by atoms with Gasteiger partial charge in [-0.15, -0.1) is 0 Å². The molecule has 0 fully saturated rings. The Hall–Kier alpha value is -2.96. The van der Waals surface area contributed by atoms with Crippen LogP contribution in [0, 0.1) is 10.1 Å². The van der Waals surface area contributed by atoms with E-state index in [1.54, 1.807) is 39.5 Å². The fraction of sp³-hybridized carbons (Fsp3) is 0.250. The number of anilines is 1. The Bertz CT molecular complexity index is 686. The molecule has 0 amide bonds. The fourth-order valence-electron chi connectivity index (χ4n) is 2.20. The highest BCUT2D eigenvalue weighted by atomic mass is 16.6. The van der Waals surface area contributed by atoms with Crippen LogP contribution in [0.4, 0.5) is 11.4 Å². The molecule has 0 spiro atoms. The summed E-state index contributed by atoms with van der Waals surface area (Å²) in [7, 11) is 4.67.